The second kappa shape index (κ2) is 4.26. The van der Waals surface area contributed by atoms with Gasteiger partial charge in [0.25, 0.3) is 0 Å². The summed E-state index contributed by atoms with van der Waals surface area (Å²) in [6, 6.07) is 5.49. The standard InChI is InChI=1S/C12H13ClN2O/c1-8(2)12(16)6-15-7-14-10-5-9(13)3-4-11(10)15/h3-5,7-8H,6H2,1-2H3. The van der Waals surface area contributed by atoms with Crippen LogP contribution >= 0.6 is 11.6 Å². The molecule has 0 saturated carbocycles. The largest absolute Gasteiger partial charge is 0.323 e. The summed E-state index contributed by atoms with van der Waals surface area (Å²) in [6.45, 7) is 4.17. The average molecular weight is 237 g/mol. The first-order valence-corrected chi connectivity index (χ1v) is 5.59. The molecule has 0 atom stereocenters. The van der Waals surface area contributed by atoms with Crippen LogP contribution in [0.5, 0.6) is 0 Å². The number of imidazole rings is 1. The van der Waals surface area contributed by atoms with E-state index in [1.807, 2.05) is 30.5 Å². The second-order valence-corrected chi connectivity index (χ2v) is 4.56. The fourth-order valence-electron chi connectivity index (χ4n) is 1.51. The normalized spacial score (nSPS) is 11.2. The number of nitrogens with zero attached hydrogens (tertiary/aromatic N) is 2. The molecule has 2 aromatic rings. The number of aromatic nitrogens is 2. The molecule has 3 nitrogen and oxygen atoms in total. The molecule has 0 aliphatic carbocycles. The molecule has 16 heavy (non-hydrogen) atoms. The zero-order chi connectivity index (χ0) is 11.7. The van der Waals surface area contributed by atoms with E-state index < -0.39 is 0 Å². The zero-order valence-electron chi connectivity index (χ0n) is 9.27. The van der Waals surface area contributed by atoms with Gasteiger partial charge in [-0.1, -0.05) is 25.4 Å². The molecule has 2 rings (SSSR count). The number of carbonyl (C=O) groups is 1. The van der Waals surface area contributed by atoms with E-state index in [1.54, 1.807) is 12.4 Å². The third-order valence-electron chi connectivity index (χ3n) is 2.55. The van der Waals surface area contributed by atoms with Gasteiger partial charge >= 0.3 is 0 Å². The lowest BCUT2D eigenvalue weighted by Gasteiger charge is -2.05. The molecule has 0 spiro atoms. The van der Waals surface area contributed by atoms with Crippen molar-refractivity contribution < 1.29 is 4.79 Å². The van der Waals surface area contributed by atoms with Crippen LogP contribution < -0.4 is 0 Å². The van der Waals surface area contributed by atoms with Crippen molar-refractivity contribution in [1.29, 1.82) is 0 Å². The lowest BCUT2D eigenvalue weighted by molar-refractivity contribution is -0.122. The minimum Gasteiger partial charge on any atom is -0.323 e. The lowest BCUT2D eigenvalue weighted by Crippen LogP contribution is -2.14. The highest BCUT2D eigenvalue weighted by atomic mass is 35.5. The highest BCUT2D eigenvalue weighted by Crippen LogP contribution is 2.18. The predicted octanol–water partition coefficient (Wildman–Crippen LogP) is 2.91. The monoisotopic (exact) mass is 236 g/mol. The fraction of sp³-hybridized carbons (Fsp3) is 0.333. The van der Waals surface area contributed by atoms with Gasteiger partial charge in [-0.05, 0) is 18.2 Å². The Morgan fingerprint density at radius 2 is 2.25 bits per heavy atom. The van der Waals surface area contributed by atoms with Gasteiger partial charge in [0.1, 0.15) is 0 Å². The highest BCUT2D eigenvalue weighted by molar-refractivity contribution is 6.31. The summed E-state index contributed by atoms with van der Waals surface area (Å²) in [5.41, 5.74) is 1.77. The molecular weight excluding hydrogens is 224 g/mol. The van der Waals surface area contributed by atoms with E-state index in [0.717, 1.165) is 11.0 Å². The van der Waals surface area contributed by atoms with Gasteiger partial charge in [-0.15, -0.1) is 0 Å². The molecule has 1 heterocycles. The summed E-state index contributed by atoms with van der Waals surface area (Å²) in [5, 5.41) is 0.660. The van der Waals surface area contributed by atoms with Crippen molar-refractivity contribution in [2.75, 3.05) is 0 Å². The SMILES string of the molecule is CC(C)C(=O)Cn1cnc2cc(Cl)ccc21. The first kappa shape index (κ1) is 11.1. The molecule has 84 valence electrons. The average Bonchev–Trinajstić information content (AvgIpc) is 2.60. The molecule has 0 aliphatic heterocycles. The van der Waals surface area contributed by atoms with Crippen molar-refractivity contribution in [1.82, 2.24) is 9.55 Å². The van der Waals surface area contributed by atoms with E-state index in [0.29, 0.717) is 11.6 Å². The molecule has 1 aromatic carbocycles. The van der Waals surface area contributed by atoms with Gasteiger partial charge in [0.15, 0.2) is 5.78 Å². The Kier molecular flexibility index (Phi) is 2.97. The van der Waals surface area contributed by atoms with Crippen molar-refractivity contribution in [2.24, 2.45) is 5.92 Å². The smallest absolute Gasteiger partial charge is 0.155 e. The van der Waals surface area contributed by atoms with E-state index >= 15 is 0 Å². The van der Waals surface area contributed by atoms with Gasteiger partial charge in [-0.3, -0.25) is 4.79 Å². The molecule has 0 fully saturated rings. The number of Topliss-reactive ketones (excluding diaryl/α,β-unsaturated/α-hetero) is 1. The summed E-state index contributed by atoms with van der Waals surface area (Å²) >= 11 is 5.87. The molecule has 0 radical (unpaired) electrons. The summed E-state index contributed by atoms with van der Waals surface area (Å²) < 4.78 is 1.86. The van der Waals surface area contributed by atoms with Crippen LogP contribution in [0.2, 0.25) is 5.02 Å². The summed E-state index contributed by atoms with van der Waals surface area (Å²) in [7, 11) is 0. The second-order valence-electron chi connectivity index (χ2n) is 4.13. The van der Waals surface area contributed by atoms with Crippen LogP contribution in [0.3, 0.4) is 0 Å². The summed E-state index contributed by atoms with van der Waals surface area (Å²) in [5.74, 6) is 0.249. The third kappa shape index (κ3) is 2.09. The van der Waals surface area contributed by atoms with Crippen molar-refractivity contribution in [3.8, 4) is 0 Å². The van der Waals surface area contributed by atoms with Crippen LogP contribution in [-0.4, -0.2) is 15.3 Å². The van der Waals surface area contributed by atoms with Gasteiger partial charge in [0.05, 0.1) is 23.9 Å². The van der Waals surface area contributed by atoms with E-state index in [2.05, 4.69) is 4.98 Å². The van der Waals surface area contributed by atoms with Gasteiger partial charge < -0.3 is 4.57 Å². The Bertz CT molecular complexity index is 531. The van der Waals surface area contributed by atoms with Gasteiger partial charge in [0, 0.05) is 10.9 Å². The summed E-state index contributed by atoms with van der Waals surface area (Å²) in [6.07, 6.45) is 1.68. The first-order valence-electron chi connectivity index (χ1n) is 5.21. The Morgan fingerprint density at radius 3 is 2.94 bits per heavy atom. The summed E-state index contributed by atoms with van der Waals surface area (Å²) in [4.78, 5) is 15.9. The maximum absolute atomic E-state index is 11.6. The Labute approximate surface area is 99.0 Å². The number of halogens is 1. The van der Waals surface area contributed by atoms with Crippen LogP contribution in [0.4, 0.5) is 0 Å². The highest BCUT2D eigenvalue weighted by Gasteiger charge is 2.10. The molecule has 0 amide bonds. The van der Waals surface area contributed by atoms with E-state index in [-0.39, 0.29) is 11.7 Å². The quantitative estimate of drug-likeness (QED) is 0.821. The van der Waals surface area contributed by atoms with Crippen molar-refractivity contribution >= 4 is 28.4 Å². The maximum atomic E-state index is 11.6. The van der Waals surface area contributed by atoms with E-state index in [9.17, 15) is 4.79 Å². The molecule has 0 N–H and O–H groups in total. The number of hydrogen-bond acceptors (Lipinski definition) is 2. The molecule has 1 aromatic heterocycles. The van der Waals surface area contributed by atoms with E-state index in [1.165, 1.54) is 0 Å². The third-order valence-corrected chi connectivity index (χ3v) is 2.79. The predicted molar refractivity (Wildman–Crippen MR) is 64.6 cm³/mol. The number of fused-ring (bicyclic) bond motifs is 1. The van der Waals surface area contributed by atoms with Gasteiger partial charge in [-0.25, -0.2) is 4.98 Å². The maximum Gasteiger partial charge on any atom is 0.155 e. The van der Waals surface area contributed by atoms with Gasteiger partial charge in [0.2, 0.25) is 0 Å². The topological polar surface area (TPSA) is 34.9 Å². The zero-order valence-corrected chi connectivity index (χ0v) is 10.0. The lowest BCUT2D eigenvalue weighted by atomic mass is 10.1. The van der Waals surface area contributed by atoms with Crippen LogP contribution in [0.15, 0.2) is 24.5 Å². The van der Waals surface area contributed by atoms with Crippen LogP contribution in [0.1, 0.15) is 13.8 Å². The molecule has 4 heteroatoms. The molecule has 0 unspecified atom stereocenters. The van der Waals surface area contributed by atoms with Crippen LogP contribution in [-0.2, 0) is 11.3 Å². The molecule has 0 bridgehead atoms. The minimum absolute atomic E-state index is 0.0461. The number of hydrogen-bond donors (Lipinski definition) is 0. The minimum atomic E-state index is 0.0461. The van der Waals surface area contributed by atoms with E-state index in [4.69, 9.17) is 11.6 Å². The number of rotatable bonds is 3. The first-order chi connectivity index (χ1) is 7.58. The van der Waals surface area contributed by atoms with Crippen molar-refractivity contribution in [3.63, 3.8) is 0 Å². The Morgan fingerprint density at radius 1 is 1.50 bits per heavy atom. The number of ketones is 1. The Hall–Kier alpha value is -1.35. The van der Waals surface area contributed by atoms with Crippen molar-refractivity contribution in [2.45, 2.75) is 20.4 Å². The van der Waals surface area contributed by atoms with Crippen LogP contribution in [0.25, 0.3) is 11.0 Å². The number of carbonyl (C=O) groups excluding carboxylic acids is 1. The number of benzene rings is 1. The Balaban J connectivity index is 2.35. The molecular formula is C12H13ClN2O. The molecule has 0 saturated heterocycles. The van der Waals surface area contributed by atoms with Gasteiger partial charge in [-0.2, -0.15) is 0 Å². The fourth-order valence-corrected chi connectivity index (χ4v) is 1.68. The van der Waals surface area contributed by atoms with Crippen molar-refractivity contribution in [3.05, 3.63) is 29.5 Å². The molecule has 0 aliphatic rings. The van der Waals surface area contributed by atoms with Crippen LogP contribution in [0, 0.1) is 5.92 Å².